The third kappa shape index (κ3) is 3.19. The second-order valence-electron chi connectivity index (χ2n) is 6.75. The fourth-order valence-corrected chi connectivity index (χ4v) is 3.55. The molecule has 1 amide bonds. The third-order valence-corrected chi connectivity index (χ3v) is 4.96. The van der Waals surface area contributed by atoms with Crippen molar-refractivity contribution in [1.82, 2.24) is 15.1 Å². The highest BCUT2D eigenvalue weighted by Gasteiger charge is 2.31. The molecular weight excluding hydrogens is 352 g/mol. The maximum atomic E-state index is 13.3. The summed E-state index contributed by atoms with van der Waals surface area (Å²) < 4.78 is 0. The monoisotopic (exact) mass is 370 g/mol. The van der Waals surface area contributed by atoms with Crippen molar-refractivity contribution in [2.45, 2.75) is 6.42 Å². The number of aromatic nitrogens is 2. The van der Waals surface area contributed by atoms with Gasteiger partial charge in [-0.2, -0.15) is 10.4 Å². The van der Waals surface area contributed by atoms with Crippen LogP contribution in [0.25, 0.3) is 22.4 Å². The number of nitrogens with one attached hydrogen (secondary N) is 1. The van der Waals surface area contributed by atoms with Crippen molar-refractivity contribution in [2.24, 2.45) is 5.92 Å². The molecule has 2 aromatic carbocycles. The Bertz CT molecular complexity index is 1100. The van der Waals surface area contributed by atoms with Gasteiger partial charge in [-0.25, -0.2) is 5.10 Å². The van der Waals surface area contributed by atoms with Gasteiger partial charge in [-0.3, -0.25) is 9.59 Å². The number of aromatic amines is 1. The molecule has 1 saturated heterocycles. The van der Waals surface area contributed by atoms with E-state index in [1.54, 1.807) is 4.90 Å². The van der Waals surface area contributed by atoms with E-state index in [4.69, 9.17) is 5.26 Å². The number of hydrogen-bond acceptors (Lipinski definition) is 4. The summed E-state index contributed by atoms with van der Waals surface area (Å²) in [4.78, 5) is 27.6. The van der Waals surface area contributed by atoms with Crippen molar-refractivity contribution >= 4 is 5.91 Å². The van der Waals surface area contributed by atoms with Gasteiger partial charge in [0.25, 0.3) is 11.5 Å². The molecule has 0 saturated carbocycles. The first-order valence-corrected chi connectivity index (χ1v) is 9.11. The summed E-state index contributed by atoms with van der Waals surface area (Å²) in [6, 6.07) is 21.0. The maximum absolute atomic E-state index is 13.3. The highest BCUT2D eigenvalue weighted by atomic mass is 16.2. The molecule has 0 bridgehead atoms. The summed E-state index contributed by atoms with van der Waals surface area (Å²) in [5, 5.41) is 15.9. The molecule has 1 fully saturated rings. The number of hydrogen-bond donors (Lipinski definition) is 1. The molecule has 1 unspecified atom stereocenters. The molecule has 28 heavy (non-hydrogen) atoms. The molecule has 1 aromatic heterocycles. The molecule has 138 valence electrons. The normalized spacial score (nSPS) is 16.0. The van der Waals surface area contributed by atoms with Crippen LogP contribution in [-0.4, -0.2) is 34.1 Å². The van der Waals surface area contributed by atoms with E-state index in [0.717, 1.165) is 11.1 Å². The average molecular weight is 370 g/mol. The van der Waals surface area contributed by atoms with Gasteiger partial charge in [-0.1, -0.05) is 60.7 Å². The quantitative estimate of drug-likeness (QED) is 0.767. The minimum atomic E-state index is -0.524. The van der Waals surface area contributed by atoms with Crippen LogP contribution in [0.1, 0.15) is 16.8 Å². The van der Waals surface area contributed by atoms with E-state index >= 15 is 0 Å². The topological polar surface area (TPSA) is 89.8 Å². The van der Waals surface area contributed by atoms with Gasteiger partial charge < -0.3 is 4.90 Å². The van der Waals surface area contributed by atoms with Crippen LogP contribution < -0.4 is 5.56 Å². The van der Waals surface area contributed by atoms with E-state index < -0.39 is 5.56 Å². The van der Waals surface area contributed by atoms with Crippen molar-refractivity contribution in [3.8, 4) is 28.5 Å². The number of amides is 1. The highest BCUT2D eigenvalue weighted by Crippen LogP contribution is 2.32. The maximum Gasteiger partial charge on any atom is 0.277 e. The van der Waals surface area contributed by atoms with Crippen LogP contribution in [0.2, 0.25) is 0 Å². The summed E-state index contributed by atoms with van der Waals surface area (Å²) in [5.74, 6) is -0.559. The Morgan fingerprint density at radius 2 is 1.71 bits per heavy atom. The zero-order chi connectivity index (χ0) is 19.5. The fourth-order valence-electron chi connectivity index (χ4n) is 3.55. The Morgan fingerprint density at radius 1 is 1.07 bits per heavy atom. The van der Waals surface area contributed by atoms with Gasteiger partial charge in [0.15, 0.2) is 0 Å². The molecule has 6 heteroatoms. The van der Waals surface area contributed by atoms with Crippen molar-refractivity contribution in [3.63, 3.8) is 0 Å². The van der Waals surface area contributed by atoms with E-state index in [9.17, 15) is 9.59 Å². The van der Waals surface area contributed by atoms with Gasteiger partial charge in [0.2, 0.25) is 0 Å². The van der Waals surface area contributed by atoms with Gasteiger partial charge in [0.1, 0.15) is 5.56 Å². The van der Waals surface area contributed by atoms with Crippen LogP contribution in [0, 0.1) is 17.2 Å². The average Bonchev–Trinajstić information content (AvgIpc) is 3.24. The van der Waals surface area contributed by atoms with Gasteiger partial charge >= 0.3 is 0 Å². The molecule has 1 aliphatic heterocycles. The summed E-state index contributed by atoms with van der Waals surface area (Å²) in [6.45, 7) is 0.805. The predicted molar refractivity (Wildman–Crippen MR) is 105 cm³/mol. The van der Waals surface area contributed by atoms with E-state index in [-0.39, 0.29) is 17.4 Å². The number of carbonyl (C=O) groups excluding carboxylic acids is 1. The lowest BCUT2D eigenvalue weighted by molar-refractivity contribution is 0.0788. The predicted octanol–water partition coefficient (Wildman–Crippen LogP) is 3.09. The Labute approximate surface area is 162 Å². The largest absolute Gasteiger partial charge is 0.337 e. The molecule has 1 aliphatic rings. The second-order valence-corrected chi connectivity index (χ2v) is 6.75. The summed E-state index contributed by atoms with van der Waals surface area (Å²) in [5.41, 5.74) is 2.16. The van der Waals surface area contributed by atoms with Crippen LogP contribution in [-0.2, 0) is 0 Å². The first-order chi connectivity index (χ1) is 13.7. The SMILES string of the molecule is N#CC1CCN(C(=O)c2c(-c3ccccc3)c(-c3ccccc3)n[nH]c2=O)C1. The third-order valence-electron chi connectivity index (χ3n) is 4.96. The van der Waals surface area contributed by atoms with Crippen LogP contribution in [0.15, 0.2) is 65.5 Å². The number of nitriles is 1. The highest BCUT2D eigenvalue weighted by molar-refractivity contribution is 6.03. The van der Waals surface area contributed by atoms with E-state index in [1.165, 1.54) is 0 Å². The van der Waals surface area contributed by atoms with Crippen molar-refractivity contribution in [3.05, 3.63) is 76.6 Å². The Kier molecular flexibility index (Phi) is 4.73. The zero-order valence-corrected chi connectivity index (χ0v) is 15.1. The standard InChI is InChI=1S/C22H18N4O2/c23-13-15-11-12-26(14-15)22(28)19-18(16-7-3-1-4-8-16)20(24-25-21(19)27)17-9-5-2-6-10-17/h1-10,15H,11-12,14H2,(H,25,27). The first kappa shape index (κ1) is 17.7. The van der Waals surface area contributed by atoms with Gasteiger partial charge in [-0.15, -0.1) is 0 Å². The molecule has 6 nitrogen and oxygen atoms in total. The molecule has 2 heterocycles. The molecule has 0 spiro atoms. The lowest BCUT2D eigenvalue weighted by Gasteiger charge is -2.19. The Balaban J connectivity index is 1.92. The van der Waals surface area contributed by atoms with Crippen molar-refractivity contribution < 1.29 is 4.79 Å². The summed E-state index contributed by atoms with van der Waals surface area (Å²) in [6.07, 6.45) is 0.622. The van der Waals surface area contributed by atoms with Gasteiger partial charge in [0, 0.05) is 24.2 Å². The van der Waals surface area contributed by atoms with Crippen molar-refractivity contribution in [2.75, 3.05) is 13.1 Å². The minimum Gasteiger partial charge on any atom is -0.337 e. The van der Waals surface area contributed by atoms with Gasteiger partial charge in [-0.05, 0) is 12.0 Å². The molecule has 1 atom stereocenters. The second kappa shape index (κ2) is 7.49. The van der Waals surface area contributed by atoms with E-state index in [0.29, 0.717) is 30.8 Å². The lowest BCUT2D eigenvalue weighted by atomic mass is 9.95. The van der Waals surface area contributed by atoms with Gasteiger partial charge in [0.05, 0.1) is 17.7 Å². The number of benzene rings is 2. The van der Waals surface area contributed by atoms with Crippen LogP contribution in [0.5, 0.6) is 0 Å². The summed E-state index contributed by atoms with van der Waals surface area (Å²) in [7, 11) is 0. The number of rotatable bonds is 3. The van der Waals surface area contributed by atoms with Crippen LogP contribution in [0.4, 0.5) is 0 Å². The van der Waals surface area contributed by atoms with E-state index in [2.05, 4.69) is 16.3 Å². The molecule has 3 aromatic rings. The molecule has 0 aliphatic carbocycles. The number of nitrogens with zero attached hydrogens (tertiary/aromatic N) is 3. The lowest BCUT2D eigenvalue weighted by Crippen LogP contribution is -2.34. The molecule has 0 radical (unpaired) electrons. The van der Waals surface area contributed by atoms with Crippen molar-refractivity contribution in [1.29, 1.82) is 5.26 Å². The zero-order valence-electron chi connectivity index (χ0n) is 15.1. The van der Waals surface area contributed by atoms with Crippen LogP contribution in [0.3, 0.4) is 0 Å². The summed E-state index contributed by atoms with van der Waals surface area (Å²) >= 11 is 0. The number of likely N-dealkylation sites (tertiary alicyclic amines) is 1. The molecule has 4 rings (SSSR count). The Hall–Kier alpha value is -3.72. The molecule has 1 N–H and O–H groups in total. The van der Waals surface area contributed by atoms with Crippen LogP contribution >= 0.6 is 0 Å². The smallest absolute Gasteiger partial charge is 0.277 e. The number of H-pyrrole nitrogens is 1. The minimum absolute atomic E-state index is 0.0682. The fraction of sp³-hybridized carbons (Fsp3) is 0.182. The first-order valence-electron chi connectivity index (χ1n) is 9.11. The molecular formula is C22H18N4O2. The number of carbonyl (C=O) groups is 1. The Morgan fingerprint density at radius 3 is 2.32 bits per heavy atom. The van der Waals surface area contributed by atoms with E-state index in [1.807, 2.05) is 60.7 Å².